The molecule has 8 nitrogen and oxygen atoms in total. The number of nitrogens with zero attached hydrogens (tertiary/aromatic N) is 2. The number of fused-ring (bicyclic) bond motifs is 1. The highest BCUT2D eigenvalue weighted by Crippen LogP contribution is 2.44. The van der Waals surface area contributed by atoms with Crippen LogP contribution in [0.15, 0.2) is 24.3 Å². The Kier molecular flexibility index (Phi) is 7.61. The van der Waals surface area contributed by atoms with E-state index in [0.717, 1.165) is 19.3 Å². The summed E-state index contributed by atoms with van der Waals surface area (Å²) in [6.07, 6.45) is 1.79. The molecule has 0 fully saturated rings. The van der Waals surface area contributed by atoms with Gasteiger partial charge in [0.15, 0.2) is 18.7 Å². The molecule has 2 unspecified atom stereocenters. The molecule has 0 spiro atoms. The van der Waals surface area contributed by atoms with Crippen LogP contribution < -0.4 is 10.6 Å². The first-order valence-electron chi connectivity index (χ1n) is 10.1. The van der Waals surface area contributed by atoms with Gasteiger partial charge in [0.05, 0.1) is 0 Å². The number of hydrogen-bond acceptors (Lipinski definition) is 7. The smallest absolute Gasteiger partial charge is 0.232 e. The van der Waals surface area contributed by atoms with Crippen molar-refractivity contribution in [3.8, 4) is 0 Å². The summed E-state index contributed by atoms with van der Waals surface area (Å²) in [4.78, 5) is 63.7. The molecular weight excluding hydrogens is 386 g/mol. The Morgan fingerprint density at radius 2 is 1.70 bits per heavy atom. The molecule has 8 heteroatoms. The van der Waals surface area contributed by atoms with Gasteiger partial charge in [-0.3, -0.25) is 28.9 Å². The number of aldehydes is 2. The molecule has 1 aromatic rings. The largest absolute Gasteiger partial charge is 0.370 e. The van der Waals surface area contributed by atoms with E-state index >= 15 is 0 Å². The lowest BCUT2D eigenvalue weighted by Gasteiger charge is -2.53. The second kappa shape index (κ2) is 9.75. The van der Waals surface area contributed by atoms with E-state index < -0.39 is 35.2 Å². The minimum Gasteiger partial charge on any atom is -0.370 e. The summed E-state index contributed by atoms with van der Waals surface area (Å²) in [6, 6.07) is 5.92. The summed E-state index contributed by atoms with van der Waals surface area (Å²) in [6.45, 7) is 5.87. The van der Waals surface area contributed by atoms with Gasteiger partial charge in [-0.2, -0.15) is 0 Å². The van der Waals surface area contributed by atoms with Crippen molar-refractivity contribution < 1.29 is 24.0 Å². The number of carbonyl (C=O) groups excluding carboxylic acids is 5. The molecule has 30 heavy (non-hydrogen) atoms. The van der Waals surface area contributed by atoms with E-state index in [1.807, 2.05) is 0 Å². The maximum Gasteiger partial charge on any atom is 0.232 e. The number of Topliss-reactive ketones (excluding diaryl/α,β-unsaturated/α-hetero) is 2. The SMILES string of the molecule is CCCCCN1c2ccccc2C(C(=O)C=O)N(C(C)(C)CC(N)=O)C1C(=O)C=O. The first kappa shape index (κ1) is 23.4. The highest BCUT2D eigenvalue weighted by atomic mass is 16.2. The quantitative estimate of drug-likeness (QED) is 0.331. The van der Waals surface area contributed by atoms with Gasteiger partial charge in [0.1, 0.15) is 6.04 Å². The van der Waals surface area contributed by atoms with E-state index in [1.165, 1.54) is 4.90 Å². The molecule has 0 aliphatic carbocycles. The highest BCUT2D eigenvalue weighted by molar-refractivity contribution is 6.30. The van der Waals surface area contributed by atoms with Gasteiger partial charge in [-0.15, -0.1) is 0 Å². The zero-order valence-electron chi connectivity index (χ0n) is 17.7. The van der Waals surface area contributed by atoms with Gasteiger partial charge in [-0.05, 0) is 26.3 Å². The fourth-order valence-electron chi connectivity index (χ4n) is 4.23. The van der Waals surface area contributed by atoms with Crippen molar-refractivity contribution in [1.82, 2.24) is 4.90 Å². The van der Waals surface area contributed by atoms with Gasteiger partial charge in [0, 0.05) is 29.8 Å². The predicted molar refractivity (Wildman–Crippen MR) is 112 cm³/mol. The molecule has 0 bridgehead atoms. The molecule has 2 rings (SSSR count). The number of ketones is 2. The topological polar surface area (TPSA) is 118 Å². The molecule has 162 valence electrons. The Balaban J connectivity index is 2.76. The lowest BCUT2D eigenvalue weighted by Crippen LogP contribution is -2.66. The number of benzene rings is 1. The number of rotatable bonds is 11. The second-order valence-electron chi connectivity index (χ2n) is 8.14. The molecule has 1 amide bonds. The van der Waals surface area contributed by atoms with Gasteiger partial charge in [-0.1, -0.05) is 38.0 Å². The van der Waals surface area contributed by atoms with Crippen LogP contribution >= 0.6 is 0 Å². The summed E-state index contributed by atoms with van der Waals surface area (Å²) < 4.78 is 0. The van der Waals surface area contributed by atoms with Gasteiger partial charge in [0.2, 0.25) is 17.5 Å². The molecule has 0 saturated carbocycles. The zero-order chi connectivity index (χ0) is 22.5. The van der Waals surface area contributed by atoms with Gasteiger partial charge < -0.3 is 10.6 Å². The molecular formula is C22H29N3O5. The summed E-state index contributed by atoms with van der Waals surface area (Å²) >= 11 is 0. The maximum atomic E-state index is 12.9. The van der Waals surface area contributed by atoms with Gasteiger partial charge >= 0.3 is 0 Å². The molecule has 1 aliphatic heterocycles. The molecule has 0 aromatic heterocycles. The standard InChI is InChI=1S/C22H29N3O5/c1-4-5-8-11-24-16-10-7-6-9-15(16)20(17(28)13-26)25(21(24)18(29)14-27)22(2,3)12-19(23)30/h6-7,9-10,13-14,20-21H,4-5,8,11-12H2,1-3H3,(H2,23,30). The van der Waals surface area contributed by atoms with Crippen LogP contribution in [-0.2, 0) is 24.0 Å². The fraction of sp³-hybridized carbons (Fsp3) is 0.500. The summed E-state index contributed by atoms with van der Waals surface area (Å²) in [5.74, 6) is -2.12. The molecule has 2 N–H and O–H groups in total. The van der Waals surface area contributed by atoms with Crippen LogP contribution in [0.1, 0.15) is 58.1 Å². The molecule has 0 saturated heterocycles. The van der Waals surface area contributed by atoms with Crippen molar-refractivity contribution >= 4 is 35.7 Å². The Morgan fingerprint density at radius 1 is 1.07 bits per heavy atom. The lowest BCUT2D eigenvalue weighted by atomic mass is 9.86. The number of hydrogen-bond donors (Lipinski definition) is 1. The molecule has 1 aliphatic rings. The van der Waals surface area contributed by atoms with Crippen LogP contribution in [0.4, 0.5) is 5.69 Å². The highest BCUT2D eigenvalue weighted by Gasteiger charge is 2.50. The van der Waals surface area contributed by atoms with Crippen molar-refractivity contribution in [3.05, 3.63) is 29.8 Å². The number of nitrogens with two attached hydrogens (primary N) is 1. The monoisotopic (exact) mass is 415 g/mol. The number of amides is 1. The molecule has 2 atom stereocenters. The van der Waals surface area contributed by atoms with E-state index in [2.05, 4.69) is 6.92 Å². The minimum absolute atomic E-state index is 0.163. The lowest BCUT2D eigenvalue weighted by molar-refractivity contribution is -0.144. The van der Waals surface area contributed by atoms with Crippen molar-refractivity contribution in [1.29, 1.82) is 0 Å². The summed E-state index contributed by atoms with van der Waals surface area (Å²) in [5, 5.41) is 0. The Hall–Kier alpha value is -2.87. The van der Waals surface area contributed by atoms with E-state index in [-0.39, 0.29) is 19.0 Å². The predicted octanol–water partition coefficient (Wildman–Crippen LogP) is 1.56. The average molecular weight is 415 g/mol. The number of carbonyl (C=O) groups is 5. The Morgan fingerprint density at radius 3 is 2.27 bits per heavy atom. The average Bonchev–Trinajstić information content (AvgIpc) is 2.71. The molecule has 1 aromatic carbocycles. The van der Waals surface area contributed by atoms with Crippen LogP contribution in [0.2, 0.25) is 0 Å². The number of para-hydroxylation sites is 1. The van der Waals surface area contributed by atoms with Crippen LogP contribution in [0.5, 0.6) is 0 Å². The molecule has 1 heterocycles. The second-order valence-corrected chi connectivity index (χ2v) is 8.14. The summed E-state index contributed by atoms with van der Waals surface area (Å²) in [7, 11) is 0. The van der Waals surface area contributed by atoms with Crippen molar-refractivity contribution in [2.24, 2.45) is 5.73 Å². The minimum atomic E-state index is -1.13. The Labute approximate surface area is 176 Å². The third kappa shape index (κ3) is 4.64. The van der Waals surface area contributed by atoms with Crippen LogP contribution in [0, 0.1) is 0 Å². The van der Waals surface area contributed by atoms with Gasteiger partial charge in [0.25, 0.3) is 0 Å². The van der Waals surface area contributed by atoms with Crippen molar-refractivity contribution in [2.45, 2.75) is 64.2 Å². The Bertz CT molecular complexity index is 836. The normalized spacial score (nSPS) is 19.1. The first-order valence-corrected chi connectivity index (χ1v) is 10.1. The van der Waals surface area contributed by atoms with E-state index in [0.29, 0.717) is 17.8 Å². The van der Waals surface area contributed by atoms with E-state index in [4.69, 9.17) is 5.73 Å². The van der Waals surface area contributed by atoms with E-state index in [9.17, 15) is 24.0 Å². The van der Waals surface area contributed by atoms with Crippen molar-refractivity contribution in [2.75, 3.05) is 11.4 Å². The third-order valence-corrected chi connectivity index (χ3v) is 5.44. The van der Waals surface area contributed by atoms with Crippen molar-refractivity contribution in [3.63, 3.8) is 0 Å². The van der Waals surface area contributed by atoms with Crippen LogP contribution in [0.3, 0.4) is 0 Å². The third-order valence-electron chi connectivity index (χ3n) is 5.44. The molecule has 0 radical (unpaired) electrons. The zero-order valence-corrected chi connectivity index (χ0v) is 17.7. The van der Waals surface area contributed by atoms with Gasteiger partial charge in [-0.25, -0.2) is 0 Å². The maximum absolute atomic E-state index is 12.9. The van der Waals surface area contributed by atoms with Crippen LogP contribution in [-0.4, -0.2) is 53.2 Å². The number of anilines is 1. The first-order chi connectivity index (χ1) is 14.2. The number of unbranched alkanes of at least 4 members (excludes halogenated alkanes) is 2. The summed E-state index contributed by atoms with van der Waals surface area (Å²) in [5.41, 5.74) is 5.54. The number of primary amides is 1. The van der Waals surface area contributed by atoms with Crippen LogP contribution in [0.25, 0.3) is 0 Å². The fourth-order valence-corrected chi connectivity index (χ4v) is 4.23. The van der Waals surface area contributed by atoms with E-state index in [1.54, 1.807) is 43.0 Å².